The molecule has 2 amide bonds. The van der Waals surface area contributed by atoms with Crippen molar-refractivity contribution in [2.75, 3.05) is 13.2 Å². The van der Waals surface area contributed by atoms with Crippen LogP contribution >= 0.6 is 0 Å². The van der Waals surface area contributed by atoms with Crippen molar-refractivity contribution in [2.24, 2.45) is 10.7 Å². The average molecular weight is 346 g/mol. The molecule has 3 N–H and O–H groups in total. The lowest BCUT2D eigenvalue weighted by molar-refractivity contribution is -0.141. The monoisotopic (exact) mass is 346 g/mol. The van der Waals surface area contributed by atoms with Crippen molar-refractivity contribution < 1.29 is 23.9 Å². The van der Waals surface area contributed by atoms with Gasteiger partial charge >= 0.3 is 5.97 Å². The van der Waals surface area contributed by atoms with E-state index < -0.39 is 17.9 Å². The van der Waals surface area contributed by atoms with Crippen molar-refractivity contribution in [1.29, 1.82) is 0 Å². The van der Waals surface area contributed by atoms with Crippen LogP contribution in [0.1, 0.15) is 25.5 Å². The number of rotatable bonds is 5. The van der Waals surface area contributed by atoms with E-state index in [0.717, 1.165) is 5.56 Å². The zero-order valence-corrected chi connectivity index (χ0v) is 13.8. The Labute approximate surface area is 143 Å². The van der Waals surface area contributed by atoms with Gasteiger partial charge in [0.2, 0.25) is 11.9 Å². The molecular weight excluding hydrogens is 328 g/mol. The number of primary amides is 1. The van der Waals surface area contributed by atoms with Crippen LogP contribution in [0.25, 0.3) is 0 Å². The number of nitrogens with zero attached hydrogens (tertiary/aromatic N) is 2. The molecule has 1 aromatic rings. The lowest BCUT2D eigenvalue weighted by Crippen LogP contribution is -2.47. The Bertz CT molecular complexity index is 776. The highest BCUT2D eigenvalue weighted by molar-refractivity contribution is 6.17. The number of hydrogen-bond donors (Lipinski definition) is 2. The number of guanidine groups is 1. The molecule has 2 unspecified atom stereocenters. The lowest BCUT2D eigenvalue weighted by atomic mass is 10.0. The maximum atomic E-state index is 12.0. The standard InChI is InChI=1S/C16H18N4O5/c1-8-11-7-10(25-6-5-24-9(2)21)3-4-12(11)18-16-19-15(23)13(14(17)22)20(8)16/h3-4,7-8,13H,5-6H2,1-2H3,(H2,17,22)(H,18,19,23). The topological polar surface area (TPSA) is 123 Å². The summed E-state index contributed by atoms with van der Waals surface area (Å²) in [5.41, 5.74) is 6.83. The van der Waals surface area contributed by atoms with E-state index >= 15 is 0 Å². The van der Waals surface area contributed by atoms with Crippen LogP contribution in [-0.2, 0) is 19.1 Å². The van der Waals surface area contributed by atoms with Gasteiger partial charge in [0.1, 0.15) is 19.0 Å². The number of amides is 2. The van der Waals surface area contributed by atoms with E-state index in [0.29, 0.717) is 17.4 Å². The van der Waals surface area contributed by atoms with Crippen LogP contribution in [0.2, 0.25) is 0 Å². The zero-order valence-electron chi connectivity index (χ0n) is 13.8. The molecule has 0 spiro atoms. The number of ether oxygens (including phenoxy) is 2. The molecule has 3 rings (SSSR count). The Kier molecular flexibility index (Phi) is 4.30. The van der Waals surface area contributed by atoms with Crippen LogP contribution in [0, 0.1) is 0 Å². The van der Waals surface area contributed by atoms with Crippen molar-refractivity contribution in [1.82, 2.24) is 10.2 Å². The van der Waals surface area contributed by atoms with E-state index in [1.54, 1.807) is 23.1 Å². The van der Waals surface area contributed by atoms with Crippen molar-refractivity contribution in [3.05, 3.63) is 23.8 Å². The molecule has 2 heterocycles. The summed E-state index contributed by atoms with van der Waals surface area (Å²) in [5, 5.41) is 2.58. The first-order chi connectivity index (χ1) is 11.9. The molecule has 1 fully saturated rings. The number of nitrogens with one attached hydrogen (secondary N) is 1. The minimum atomic E-state index is -1.09. The van der Waals surface area contributed by atoms with Crippen molar-refractivity contribution in [2.45, 2.75) is 25.9 Å². The maximum absolute atomic E-state index is 12.0. The second-order valence-corrected chi connectivity index (χ2v) is 5.72. The number of hydrogen-bond acceptors (Lipinski definition) is 7. The molecular formula is C16H18N4O5. The fourth-order valence-electron chi connectivity index (χ4n) is 2.92. The van der Waals surface area contributed by atoms with Crippen molar-refractivity contribution in [3.8, 4) is 5.75 Å². The van der Waals surface area contributed by atoms with Gasteiger partial charge in [0, 0.05) is 12.5 Å². The van der Waals surface area contributed by atoms with Crippen LogP contribution in [-0.4, -0.2) is 47.9 Å². The first kappa shape index (κ1) is 16.7. The number of esters is 1. The molecule has 0 aliphatic carbocycles. The summed E-state index contributed by atoms with van der Waals surface area (Å²) in [6.07, 6.45) is 0. The smallest absolute Gasteiger partial charge is 0.302 e. The average Bonchev–Trinajstić information content (AvgIpc) is 2.88. The van der Waals surface area contributed by atoms with E-state index in [9.17, 15) is 14.4 Å². The number of fused-ring (bicyclic) bond motifs is 2. The molecule has 9 heteroatoms. The van der Waals surface area contributed by atoms with Gasteiger partial charge in [-0.1, -0.05) is 0 Å². The molecule has 9 nitrogen and oxygen atoms in total. The highest BCUT2D eigenvalue weighted by Crippen LogP contribution is 2.39. The second-order valence-electron chi connectivity index (χ2n) is 5.72. The third-order valence-corrected chi connectivity index (χ3v) is 4.03. The van der Waals surface area contributed by atoms with E-state index in [2.05, 4.69) is 10.3 Å². The molecule has 0 aromatic heterocycles. The molecule has 2 aliphatic rings. The quantitative estimate of drug-likeness (QED) is 0.439. The van der Waals surface area contributed by atoms with Gasteiger partial charge in [0.15, 0.2) is 6.04 Å². The Morgan fingerprint density at radius 1 is 1.36 bits per heavy atom. The lowest BCUT2D eigenvalue weighted by Gasteiger charge is -2.33. The van der Waals surface area contributed by atoms with E-state index in [1.807, 2.05) is 6.92 Å². The highest BCUT2D eigenvalue weighted by Gasteiger charge is 2.45. The molecule has 25 heavy (non-hydrogen) atoms. The molecule has 2 aliphatic heterocycles. The molecule has 1 aromatic carbocycles. The predicted octanol–water partition coefficient (Wildman–Crippen LogP) is -0.0237. The second kappa shape index (κ2) is 6.42. The Morgan fingerprint density at radius 2 is 2.12 bits per heavy atom. The molecule has 0 saturated carbocycles. The van der Waals surface area contributed by atoms with E-state index in [-0.39, 0.29) is 25.2 Å². The van der Waals surface area contributed by atoms with Crippen molar-refractivity contribution in [3.63, 3.8) is 0 Å². The normalized spacial score (nSPS) is 21.0. The summed E-state index contributed by atoms with van der Waals surface area (Å²) in [7, 11) is 0. The van der Waals surface area contributed by atoms with Gasteiger partial charge in [0.05, 0.1) is 11.7 Å². The van der Waals surface area contributed by atoms with Crippen LogP contribution < -0.4 is 15.8 Å². The van der Waals surface area contributed by atoms with E-state index in [4.69, 9.17) is 15.2 Å². The Balaban J connectivity index is 1.80. The first-order valence-corrected chi connectivity index (χ1v) is 7.76. The first-order valence-electron chi connectivity index (χ1n) is 7.76. The molecule has 0 bridgehead atoms. The predicted molar refractivity (Wildman–Crippen MR) is 87.0 cm³/mol. The van der Waals surface area contributed by atoms with Gasteiger partial charge in [-0.2, -0.15) is 0 Å². The highest BCUT2D eigenvalue weighted by atomic mass is 16.6. The number of carbonyl (C=O) groups is 3. The summed E-state index contributed by atoms with van der Waals surface area (Å²) in [5.74, 6) is -0.688. The molecule has 0 radical (unpaired) electrons. The van der Waals surface area contributed by atoms with Gasteiger partial charge < -0.3 is 20.1 Å². The number of aliphatic imine (C=N–C) groups is 1. The number of benzene rings is 1. The SMILES string of the molecule is CC(=O)OCCOc1ccc2c(c1)C(C)N1C(=N2)NC(=O)C1C(N)=O. The molecule has 132 valence electrons. The molecule has 2 atom stereocenters. The number of carbonyl (C=O) groups excluding carboxylic acids is 3. The fraction of sp³-hybridized carbons (Fsp3) is 0.375. The van der Waals surface area contributed by atoms with Gasteiger partial charge in [-0.15, -0.1) is 0 Å². The van der Waals surface area contributed by atoms with Crippen LogP contribution in [0.4, 0.5) is 5.69 Å². The minimum Gasteiger partial charge on any atom is -0.490 e. The summed E-state index contributed by atoms with van der Waals surface area (Å²) in [6.45, 7) is 3.55. The summed E-state index contributed by atoms with van der Waals surface area (Å²) in [4.78, 5) is 40.3. The Hall–Kier alpha value is -3.10. The molecule has 1 saturated heterocycles. The maximum Gasteiger partial charge on any atom is 0.302 e. The number of nitrogens with two attached hydrogens (primary N) is 1. The van der Waals surface area contributed by atoms with Gasteiger partial charge in [-0.05, 0) is 25.1 Å². The largest absolute Gasteiger partial charge is 0.490 e. The Morgan fingerprint density at radius 3 is 2.80 bits per heavy atom. The minimum absolute atomic E-state index is 0.151. The van der Waals surface area contributed by atoms with Crippen molar-refractivity contribution >= 4 is 29.4 Å². The van der Waals surface area contributed by atoms with Crippen LogP contribution in [0.5, 0.6) is 5.75 Å². The van der Waals surface area contributed by atoms with Crippen LogP contribution in [0.3, 0.4) is 0 Å². The summed E-state index contributed by atoms with van der Waals surface area (Å²) < 4.78 is 10.4. The van der Waals surface area contributed by atoms with Gasteiger partial charge in [0.25, 0.3) is 5.91 Å². The summed E-state index contributed by atoms with van der Waals surface area (Å²) in [6, 6.07) is 3.91. The third kappa shape index (κ3) is 3.12. The van der Waals surface area contributed by atoms with Gasteiger partial charge in [-0.25, -0.2) is 4.99 Å². The third-order valence-electron chi connectivity index (χ3n) is 4.03. The fourth-order valence-corrected chi connectivity index (χ4v) is 2.92. The summed E-state index contributed by atoms with van der Waals surface area (Å²) >= 11 is 0. The van der Waals surface area contributed by atoms with Gasteiger partial charge in [-0.3, -0.25) is 19.7 Å². The van der Waals surface area contributed by atoms with E-state index in [1.165, 1.54) is 6.92 Å². The zero-order chi connectivity index (χ0) is 18.1. The van der Waals surface area contributed by atoms with Crippen LogP contribution in [0.15, 0.2) is 23.2 Å².